The molecule has 3 heterocycles. The third kappa shape index (κ3) is 4.01. The van der Waals surface area contributed by atoms with E-state index in [0.717, 1.165) is 43.0 Å². The number of aromatic nitrogens is 1. The van der Waals surface area contributed by atoms with Crippen molar-refractivity contribution in [3.05, 3.63) is 16.1 Å². The number of carbonyl (C=O) groups is 2. The molecule has 2 saturated heterocycles. The van der Waals surface area contributed by atoms with Crippen molar-refractivity contribution in [3.8, 4) is 0 Å². The lowest BCUT2D eigenvalue weighted by atomic mass is 9.92. The zero-order chi connectivity index (χ0) is 18.1. The molecule has 142 valence electrons. The lowest BCUT2D eigenvalue weighted by Crippen LogP contribution is -2.61. The van der Waals surface area contributed by atoms with Crippen LogP contribution in [-0.2, 0) is 9.53 Å². The molecule has 0 radical (unpaired) electrons. The van der Waals surface area contributed by atoms with Crippen LogP contribution in [0.4, 0.5) is 4.79 Å². The molecular weight excluding hydrogens is 352 g/mol. The first-order valence-corrected chi connectivity index (χ1v) is 10.4. The number of ether oxygens (including phenoxy) is 1. The maximum atomic E-state index is 12.7. The second-order valence-corrected chi connectivity index (χ2v) is 8.44. The minimum atomic E-state index is -0.182. The Hall–Kier alpha value is -1.67. The molecule has 0 aromatic carbocycles. The highest BCUT2D eigenvalue weighted by Crippen LogP contribution is 2.41. The molecule has 3 amide bonds. The van der Waals surface area contributed by atoms with Crippen molar-refractivity contribution in [2.24, 2.45) is 5.92 Å². The van der Waals surface area contributed by atoms with Crippen LogP contribution < -0.4 is 16.0 Å². The third-order valence-electron chi connectivity index (χ3n) is 5.41. The predicted octanol–water partition coefficient (Wildman–Crippen LogP) is 2.03. The number of nitrogens with zero attached hydrogens (tertiary/aromatic N) is 1. The Kier molecular flexibility index (Phi) is 5.13. The summed E-state index contributed by atoms with van der Waals surface area (Å²) in [6, 6.07) is -0.452. The van der Waals surface area contributed by atoms with Crippen LogP contribution in [0.1, 0.15) is 55.3 Å². The first kappa shape index (κ1) is 17.7. The summed E-state index contributed by atoms with van der Waals surface area (Å²) in [6.45, 7) is 2.70. The Morgan fingerprint density at radius 2 is 2.23 bits per heavy atom. The number of nitrogens with one attached hydrogen (secondary N) is 3. The van der Waals surface area contributed by atoms with E-state index >= 15 is 0 Å². The molecule has 0 spiro atoms. The van der Waals surface area contributed by atoms with E-state index in [-0.39, 0.29) is 36.2 Å². The van der Waals surface area contributed by atoms with E-state index in [1.807, 2.05) is 12.3 Å². The summed E-state index contributed by atoms with van der Waals surface area (Å²) in [6.07, 6.45) is 5.26. The Morgan fingerprint density at radius 1 is 1.38 bits per heavy atom. The van der Waals surface area contributed by atoms with Crippen molar-refractivity contribution in [3.63, 3.8) is 0 Å². The average Bonchev–Trinajstić information content (AvgIpc) is 3.13. The standard InChI is InChI=1S/C18H26N4O3S/c1-10-9-26-17(19-10)15(11-4-5-11)22-18(24)20-12-6-7-14(23)21-16(12)13-3-2-8-25-13/h9,11-13,15-16H,2-8H2,1H3,(H,21,23)(H2,20,22,24). The van der Waals surface area contributed by atoms with E-state index in [2.05, 4.69) is 20.9 Å². The molecule has 3 aliphatic rings. The van der Waals surface area contributed by atoms with Gasteiger partial charge < -0.3 is 20.7 Å². The second kappa shape index (κ2) is 7.52. The Balaban J connectivity index is 1.40. The number of amides is 3. The van der Waals surface area contributed by atoms with Gasteiger partial charge in [-0.2, -0.15) is 0 Å². The molecule has 1 saturated carbocycles. The van der Waals surface area contributed by atoms with Gasteiger partial charge in [-0.15, -0.1) is 11.3 Å². The molecule has 26 heavy (non-hydrogen) atoms. The fourth-order valence-electron chi connectivity index (χ4n) is 3.90. The normalized spacial score (nSPS) is 29.9. The number of thiazole rings is 1. The highest BCUT2D eigenvalue weighted by atomic mass is 32.1. The minimum Gasteiger partial charge on any atom is -0.376 e. The van der Waals surface area contributed by atoms with Gasteiger partial charge in [0.1, 0.15) is 5.01 Å². The van der Waals surface area contributed by atoms with Gasteiger partial charge in [-0.3, -0.25) is 4.79 Å². The minimum absolute atomic E-state index is 0.00890. The monoisotopic (exact) mass is 378 g/mol. The van der Waals surface area contributed by atoms with E-state index in [1.54, 1.807) is 11.3 Å². The molecule has 4 atom stereocenters. The van der Waals surface area contributed by atoms with E-state index in [0.29, 0.717) is 18.8 Å². The molecular formula is C18H26N4O3S. The van der Waals surface area contributed by atoms with Crippen LogP contribution >= 0.6 is 11.3 Å². The quantitative estimate of drug-likeness (QED) is 0.731. The number of hydrogen-bond acceptors (Lipinski definition) is 5. The van der Waals surface area contributed by atoms with Gasteiger partial charge >= 0.3 is 6.03 Å². The molecule has 1 aromatic rings. The van der Waals surface area contributed by atoms with Crippen molar-refractivity contribution in [1.82, 2.24) is 20.9 Å². The zero-order valence-electron chi connectivity index (χ0n) is 15.0. The van der Waals surface area contributed by atoms with Gasteiger partial charge in [0, 0.05) is 24.1 Å². The maximum absolute atomic E-state index is 12.7. The molecule has 4 rings (SSSR count). The molecule has 2 aliphatic heterocycles. The van der Waals surface area contributed by atoms with Gasteiger partial charge in [-0.1, -0.05) is 0 Å². The fraction of sp³-hybridized carbons (Fsp3) is 0.722. The smallest absolute Gasteiger partial charge is 0.315 e. The van der Waals surface area contributed by atoms with Gasteiger partial charge in [0.05, 0.1) is 24.2 Å². The number of aryl methyl sites for hydroxylation is 1. The first-order valence-electron chi connectivity index (χ1n) is 9.50. The number of piperidine rings is 1. The third-order valence-corrected chi connectivity index (χ3v) is 6.45. The summed E-state index contributed by atoms with van der Waals surface area (Å²) >= 11 is 1.60. The summed E-state index contributed by atoms with van der Waals surface area (Å²) in [7, 11) is 0. The highest BCUT2D eigenvalue weighted by Gasteiger charge is 2.39. The van der Waals surface area contributed by atoms with Crippen LogP contribution in [0.3, 0.4) is 0 Å². The molecule has 1 aromatic heterocycles. The lowest BCUT2D eigenvalue weighted by Gasteiger charge is -2.36. The largest absolute Gasteiger partial charge is 0.376 e. The zero-order valence-corrected chi connectivity index (χ0v) is 15.8. The summed E-state index contributed by atoms with van der Waals surface area (Å²) in [5.41, 5.74) is 0.992. The van der Waals surface area contributed by atoms with Gasteiger partial charge in [0.2, 0.25) is 5.91 Å². The average molecular weight is 378 g/mol. The summed E-state index contributed by atoms with van der Waals surface area (Å²) in [5.74, 6) is 0.518. The number of urea groups is 1. The molecule has 3 fully saturated rings. The topological polar surface area (TPSA) is 92.4 Å². The molecule has 0 bridgehead atoms. The van der Waals surface area contributed by atoms with Gasteiger partial charge in [0.15, 0.2) is 0 Å². The SMILES string of the molecule is Cc1csc(C(NC(=O)NC2CCC(=O)NC2C2CCCO2)C2CC2)n1. The summed E-state index contributed by atoms with van der Waals surface area (Å²) in [5, 5.41) is 12.2. The predicted molar refractivity (Wildman–Crippen MR) is 97.9 cm³/mol. The summed E-state index contributed by atoms with van der Waals surface area (Å²) < 4.78 is 5.76. The van der Waals surface area contributed by atoms with Crippen LogP contribution in [0, 0.1) is 12.8 Å². The Labute approximate surface area is 157 Å². The van der Waals surface area contributed by atoms with Crippen LogP contribution in [0.5, 0.6) is 0 Å². The van der Waals surface area contributed by atoms with E-state index < -0.39 is 0 Å². The number of hydrogen-bond donors (Lipinski definition) is 3. The van der Waals surface area contributed by atoms with Crippen molar-refractivity contribution in [2.45, 2.75) is 69.7 Å². The molecule has 1 aliphatic carbocycles. The Bertz CT molecular complexity index is 669. The van der Waals surface area contributed by atoms with Crippen molar-refractivity contribution >= 4 is 23.3 Å². The van der Waals surface area contributed by atoms with Crippen molar-refractivity contribution in [2.75, 3.05) is 6.61 Å². The summed E-state index contributed by atoms with van der Waals surface area (Å²) in [4.78, 5) is 29.1. The molecule has 3 N–H and O–H groups in total. The first-order chi connectivity index (χ1) is 12.6. The number of carbonyl (C=O) groups excluding carboxylic acids is 2. The van der Waals surface area contributed by atoms with Crippen LogP contribution in [0.15, 0.2) is 5.38 Å². The van der Waals surface area contributed by atoms with Crippen molar-refractivity contribution in [1.29, 1.82) is 0 Å². The second-order valence-electron chi connectivity index (χ2n) is 7.55. The van der Waals surface area contributed by atoms with Gasteiger partial charge in [-0.05, 0) is 44.9 Å². The van der Waals surface area contributed by atoms with Crippen molar-refractivity contribution < 1.29 is 14.3 Å². The van der Waals surface area contributed by atoms with E-state index in [1.165, 1.54) is 0 Å². The molecule has 7 nitrogen and oxygen atoms in total. The van der Waals surface area contributed by atoms with Gasteiger partial charge in [-0.25, -0.2) is 9.78 Å². The lowest BCUT2D eigenvalue weighted by molar-refractivity contribution is -0.125. The highest BCUT2D eigenvalue weighted by molar-refractivity contribution is 7.09. The maximum Gasteiger partial charge on any atom is 0.315 e. The molecule has 4 unspecified atom stereocenters. The van der Waals surface area contributed by atoms with Gasteiger partial charge in [0.25, 0.3) is 0 Å². The molecule has 8 heteroatoms. The number of rotatable bonds is 5. The van der Waals surface area contributed by atoms with Crippen LogP contribution in [0.25, 0.3) is 0 Å². The van der Waals surface area contributed by atoms with Crippen LogP contribution in [0.2, 0.25) is 0 Å². The van der Waals surface area contributed by atoms with Crippen LogP contribution in [-0.4, -0.2) is 41.7 Å². The Morgan fingerprint density at radius 3 is 2.88 bits per heavy atom. The van der Waals surface area contributed by atoms with E-state index in [9.17, 15) is 9.59 Å². The van der Waals surface area contributed by atoms with E-state index in [4.69, 9.17) is 4.74 Å². The fourth-order valence-corrected chi connectivity index (χ4v) is 4.84.